The van der Waals surface area contributed by atoms with Gasteiger partial charge in [0, 0.05) is 35.4 Å². The Hall–Kier alpha value is -0.640. The standard InChI is InChI=1S/C17H30N2S/c1-7-8-19(14(4)5)12-16-9-17(20-15(16)6)11-18-10-13(2)3/h7,9,13-14,18H,1,8,10-12H2,2-6H3. The third-order valence-corrected chi connectivity index (χ3v) is 4.48. The third kappa shape index (κ3) is 5.78. The van der Waals surface area contributed by atoms with E-state index in [4.69, 9.17) is 0 Å². The van der Waals surface area contributed by atoms with Gasteiger partial charge in [0.2, 0.25) is 0 Å². The number of hydrogen-bond acceptors (Lipinski definition) is 3. The molecule has 0 radical (unpaired) electrons. The van der Waals surface area contributed by atoms with Crippen LogP contribution in [0.15, 0.2) is 18.7 Å². The molecule has 0 amide bonds. The Labute approximate surface area is 128 Å². The summed E-state index contributed by atoms with van der Waals surface area (Å²) in [6.07, 6.45) is 1.99. The predicted molar refractivity (Wildman–Crippen MR) is 91.3 cm³/mol. The Morgan fingerprint density at radius 1 is 1.35 bits per heavy atom. The molecule has 0 aromatic carbocycles. The molecule has 1 aromatic rings. The molecule has 2 nitrogen and oxygen atoms in total. The van der Waals surface area contributed by atoms with Gasteiger partial charge in [0.05, 0.1) is 0 Å². The van der Waals surface area contributed by atoms with E-state index in [1.54, 1.807) is 0 Å². The average molecular weight is 295 g/mol. The van der Waals surface area contributed by atoms with Crippen LogP contribution < -0.4 is 5.32 Å². The summed E-state index contributed by atoms with van der Waals surface area (Å²) in [6.45, 7) is 19.1. The first kappa shape index (κ1) is 17.4. The maximum absolute atomic E-state index is 3.86. The van der Waals surface area contributed by atoms with E-state index in [0.29, 0.717) is 12.0 Å². The Kier molecular flexibility index (Phi) is 7.49. The lowest BCUT2D eigenvalue weighted by Gasteiger charge is -2.24. The van der Waals surface area contributed by atoms with Crippen molar-refractivity contribution in [1.82, 2.24) is 10.2 Å². The van der Waals surface area contributed by atoms with Gasteiger partial charge in [0.25, 0.3) is 0 Å². The monoisotopic (exact) mass is 294 g/mol. The van der Waals surface area contributed by atoms with Gasteiger partial charge in [-0.05, 0) is 44.9 Å². The second kappa shape index (κ2) is 8.60. The molecule has 1 aromatic heterocycles. The number of thiophene rings is 1. The number of nitrogens with zero attached hydrogens (tertiary/aromatic N) is 1. The van der Waals surface area contributed by atoms with Crippen molar-refractivity contribution in [2.24, 2.45) is 5.92 Å². The minimum atomic E-state index is 0.551. The Morgan fingerprint density at radius 3 is 2.60 bits per heavy atom. The minimum Gasteiger partial charge on any atom is -0.312 e. The molecule has 0 aliphatic rings. The number of hydrogen-bond donors (Lipinski definition) is 1. The first-order valence-electron chi connectivity index (χ1n) is 7.57. The zero-order valence-corrected chi connectivity index (χ0v) is 14.5. The molecule has 0 saturated carbocycles. The van der Waals surface area contributed by atoms with Crippen LogP contribution in [-0.2, 0) is 13.1 Å². The van der Waals surface area contributed by atoms with Crippen LogP contribution in [0.2, 0.25) is 0 Å². The van der Waals surface area contributed by atoms with Crippen LogP contribution >= 0.6 is 11.3 Å². The van der Waals surface area contributed by atoms with Crippen LogP contribution in [0.1, 0.15) is 43.0 Å². The molecule has 0 bridgehead atoms. The summed E-state index contributed by atoms with van der Waals surface area (Å²) in [7, 11) is 0. The fraction of sp³-hybridized carbons (Fsp3) is 0.647. The highest BCUT2D eigenvalue weighted by Gasteiger charge is 2.12. The van der Waals surface area contributed by atoms with Crippen LogP contribution in [0.3, 0.4) is 0 Å². The molecule has 20 heavy (non-hydrogen) atoms. The summed E-state index contributed by atoms with van der Waals surface area (Å²) in [5.74, 6) is 0.708. The van der Waals surface area contributed by atoms with Crippen molar-refractivity contribution in [3.63, 3.8) is 0 Å². The van der Waals surface area contributed by atoms with E-state index in [1.807, 2.05) is 17.4 Å². The molecule has 0 spiro atoms. The zero-order valence-electron chi connectivity index (χ0n) is 13.7. The van der Waals surface area contributed by atoms with Crippen molar-refractivity contribution in [2.75, 3.05) is 13.1 Å². The van der Waals surface area contributed by atoms with Gasteiger partial charge < -0.3 is 5.32 Å². The van der Waals surface area contributed by atoms with Crippen molar-refractivity contribution < 1.29 is 0 Å². The van der Waals surface area contributed by atoms with Crippen molar-refractivity contribution >= 4 is 11.3 Å². The lowest BCUT2D eigenvalue weighted by Crippen LogP contribution is -2.30. The summed E-state index contributed by atoms with van der Waals surface area (Å²) in [5.41, 5.74) is 1.46. The second-order valence-electron chi connectivity index (χ2n) is 6.13. The highest BCUT2D eigenvalue weighted by atomic mass is 32.1. The topological polar surface area (TPSA) is 15.3 Å². The fourth-order valence-corrected chi connectivity index (χ4v) is 3.18. The average Bonchev–Trinajstić information content (AvgIpc) is 2.69. The van der Waals surface area contributed by atoms with Crippen molar-refractivity contribution in [1.29, 1.82) is 0 Å². The predicted octanol–water partition coefficient (Wildman–Crippen LogP) is 4.20. The SMILES string of the molecule is C=CCN(Cc1cc(CNCC(C)C)sc1C)C(C)C. The molecule has 114 valence electrons. The van der Waals surface area contributed by atoms with Crippen molar-refractivity contribution in [3.05, 3.63) is 34.0 Å². The largest absolute Gasteiger partial charge is 0.312 e. The molecule has 1 heterocycles. The second-order valence-corrected chi connectivity index (χ2v) is 7.47. The van der Waals surface area contributed by atoms with Gasteiger partial charge in [-0.3, -0.25) is 4.90 Å². The smallest absolute Gasteiger partial charge is 0.0300 e. The van der Waals surface area contributed by atoms with E-state index in [0.717, 1.165) is 26.2 Å². The molecular weight excluding hydrogens is 264 g/mol. The molecule has 1 rings (SSSR count). The zero-order chi connectivity index (χ0) is 15.1. The van der Waals surface area contributed by atoms with Gasteiger partial charge in [-0.15, -0.1) is 17.9 Å². The molecule has 0 aliphatic heterocycles. The number of nitrogens with one attached hydrogen (secondary N) is 1. The van der Waals surface area contributed by atoms with E-state index in [1.165, 1.54) is 15.3 Å². The molecule has 0 saturated heterocycles. The third-order valence-electron chi connectivity index (χ3n) is 3.39. The molecule has 0 unspecified atom stereocenters. The first-order chi connectivity index (χ1) is 9.43. The van der Waals surface area contributed by atoms with E-state index in [9.17, 15) is 0 Å². The van der Waals surface area contributed by atoms with E-state index in [-0.39, 0.29) is 0 Å². The summed E-state index contributed by atoms with van der Waals surface area (Å²) >= 11 is 1.92. The van der Waals surface area contributed by atoms with E-state index >= 15 is 0 Å². The number of aryl methyl sites for hydroxylation is 1. The highest BCUT2D eigenvalue weighted by molar-refractivity contribution is 7.12. The summed E-state index contributed by atoms with van der Waals surface area (Å²) < 4.78 is 0. The van der Waals surface area contributed by atoms with Crippen molar-refractivity contribution in [3.8, 4) is 0 Å². The fourth-order valence-electron chi connectivity index (χ4n) is 2.16. The molecule has 0 atom stereocenters. The van der Waals surface area contributed by atoms with Crippen LogP contribution in [0.25, 0.3) is 0 Å². The summed E-state index contributed by atoms with van der Waals surface area (Å²) in [5, 5.41) is 3.52. The van der Waals surface area contributed by atoms with Crippen molar-refractivity contribution in [2.45, 2.75) is 53.8 Å². The molecule has 0 aliphatic carbocycles. The lowest BCUT2D eigenvalue weighted by atomic mass is 10.2. The number of rotatable bonds is 9. The highest BCUT2D eigenvalue weighted by Crippen LogP contribution is 2.23. The Morgan fingerprint density at radius 2 is 2.05 bits per heavy atom. The Bertz CT molecular complexity index is 407. The Balaban J connectivity index is 2.62. The van der Waals surface area contributed by atoms with E-state index in [2.05, 4.69) is 57.5 Å². The molecular formula is C17H30N2S. The van der Waals surface area contributed by atoms with Gasteiger partial charge in [0.1, 0.15) is 0 Å². The lowest BCUT2D eigenvalue weighted by molar-refractivity contribution is 0.237. The maximum atomic E-state index is 3.86. The van der Waals surface area contributed by atoms with E-state index < -0.39 is 0 Å². The van der Waals surface area contributed by atoms with Crippen LogP contribution in [-0.4, -0.2) is 24.0 Å². The van der Waals surface area contributed by atoms with Gasteiger partial charge in [-0.1, -0.05) is 19.9 Å². The maximum Gasteiger partial charge on any atom is 0.0300 e. The first-order valence-corrected chi connectivity index (χ1v) is 8.39. The molecule has 1 N–H and O–H groups in total. The van der Waals surface area contributed by atoms with Gasteiger partial charge in [0.15, 0.2) is 0 Å². The summed E-state index contributed by atoms with van der Waals surface area (Å²) in [6, 6.07) is 2.92. The van der Waals surface area contributed by atoms with Gasteiger partial charge >= 0.3 is 0 Å². The summed E-state index contributed by atoms with van der Waals surface area (Å²) in [4.78, 5) is 5.34. The quantitative estimate of drug-likeness (QED) is 0.687. The van der Waals surface area contributed by atoms with Gasteiger partial charge in [-0.25, -0.2) is 0 Å². The normalized spacial score (nSPS) is 11.8. The minimum absolute atomic E-state index is 0.551. The van der Waals surface area contributed by atoms with Crippen LogP contribution in [0.5, 0.6) is 0 Å². The van der Waals surface area contributed by atoms with Crippen LogP contribution in [0, 0.1) is 12.8 Å². The van der Waals surface area contributed by atoms with Crippen LogP contribution in [0.4, 0.5) is 0 Å². The molecule has 3 heteroatoms. The molecule has 0 fully saturated rings. The van der Waals surface area contributed by atoms with Gasteiger partial charge in [-0.2, -0.15) is 0 Å².